The summed E-state index contributed by atoms with van der Waals surface area (Å²) in [7, 11) is 0. The highest BCUT2D eigenvalue weighted by Crippen LogP contribution is 2.42. The number of hydrogen-bond acceptors (Lipinski definition) is 5. The minimum Gasteiger partial charge on any atom is -0.273 e. The number of amides is 4. The Bertz CT molecular complexity index is 663. The second-order valence-electron chi connectivity index (χ2n) is 8.61. The number of nitriles is 2. The van der Waals surface area contributed by atoms with Crippen LogP contribution in [0.4, 0.5) is 4.79 Å². The fourth-order valence-corrected chi connectivity index (χ4v) is 5.26. The van der Waals surface area contributed by atoms with Crippen molar-refractivity contribution in [1.29, 1.82) is 10.5 Å². The number of rotatable bonds is 6. The van der Waals surface area contributed by atoms with Crippen molar-refractivity contribution in [2.75, 3.05) is 0 Å². The average Bonchev–Trinajstić information content (AvgIpc) is 2.75. The van der Waals surface area contributed by atoms with E-state index in [4.69, 9.17) is 10.5 Å². The summed E-state index contributed by atoms with van der Waals surface area (Å²) < 4.78 is 0. The molecular weight excluding hydrogens is 368 g/mol. The van der Waals surface area contributed by atoms with Gasteiger partial charge in [-0.15, -0.1) is 0 Å². The molecule has 0 radical (unpaired) electrons. The van der Waals surface area contributed by atoms with Gasteiger partial charge in [0.05, 0.1) is 12.1 Å². The summed E-state index contributed by atoms with van der Waals surface area (Å²) in [5.74, 6) is -0.950. The van der Waals surface area contributed by atoms with Crippen LogP contribution in [0.3, 0.4) is 0 Å². The minimum atomic E-state index is -1.46. The van der Waals surface area contributed by atoms with E-state index in [-0.39, 0.29) is 37.8 Å². The van der Waals surface area contributed by atoms with E-state index in [0.29, 0.717) is 0 Å². The number of nitrogens with zero attached hydrogens (tertiary/aromatic N) is 4. The van der Waals surface area contributed by atoms with Gasteiger partial charge in [-0.2, -0.15) is 10.5 Å². The second-order valence-corrected chi connectivity index (χ2v) is 8.61. The van der Waals surface area contributed by atoms with Crippen molar-refractivity contribution in [3.63, 3.8) is 0 Å². The summed E-state index contributed by atoms with van der Waals surface area (Å²) >= 11 is 0. The van der Waals surface area contributed by atoms with Crippen LogP contribution in [0.25, 0.3) is 0 Å². The van der Waals surface area contributed by atoms with Crippen molar-refractivity contribution in [2.45, 2.75) is 102 Å². The molecule has 3 aliphatic rings. The average molecular weight is 399 g/mol. The highest BCUT2D eigenvalue weighted by atomic mass is 16.2. The molecule has 0 atom stereocenters. The van der Waals surface area contributed by atoms with Crippen molar-refractivity contribution in [2.24, 2.45) is 5.41 Å². The molecule has 0 aromatic carbocycles. The van der Waals surface area contributed by atoms with Crippen LogP contribution in [0.15, 0.2) is 0 Å². The van der Waals surface area contributed by atoms with Crippen molar-refractivity contribution >= 4 is 17.8 Å². The van der Waals surface area contributed by atoms with Crippen LogP contribution in [0.5, 0.6) is 0 Å². The van der Waals surface area contributed by atoms with E-state index < -0.39 is 23.3 Å². The first-order valence-electron chi connectivity index (χ1n) is 11.0. The summed E-state index contributed by atoms with van der Waals surface area (Å²) in [5.41, 5.74) is -1.46. The maximum Gasteiger partial charge on any atom is 0.333 e. The summed E-state index contributed by atoms with van der Waals surface area (Å²) in [5, 5.41) is 18.3. The van der Waals surface area contributed by atoms with Crippen molar-refractivity contribution < 1.29 is 14.4 Å². The minimum absolute atomic E-state index is 0.0497. The molecule has 0 N–H and O–H groups in total. The van der Waals surface area contributed by atoms with E-state index >= 15 is 0 Å². The largest absolute Gasteiger partial charge is 0.333 e. The van der Waals surface area contributed by atoms with Crippen LogP contribution >= 0.6 is 0 Å². The molecule has 7 heteroatoms. The Balaban J connectivity index is 2.03. The first-order chi connectivity index (χ1) is 14.1. The van der Waals surface area contributed by atoms with Gasteiger partial charge >= 0.3 is 6.03 Å². The smallest absolute Gasteiger partial charge is 0.273 e. The summed E-state index contributed by atoms with van der Waals surface area (Å²) in [6, 6.07) is 3.25. The van der Waals surface area contributed by atoms with Crippen molar-refractivity contribution in [3.8, 4) is 12.1 Å². The van der Waals surface area contributed by atoms with Gasteiger partial charge in [0.1, 0.15) is 5.41 Å². The molecule has 0 aromatic heterocycles. The molecule has 2 saturated carbocycles. The van der Waals surface area contributed by atoms with Gasteiger partial charge < -0.3 is 0 Å². The normalized spacial score (nSPS) is 23.7. The highest BCUT2D eigenvalue weighted by Gasteiger charge is 2.59. The lowest BCUT2D eigenvalue weighted by Crippen LogP contribution is -2.69. The predicted octanol–water partition coefficient (Wildman–Crippen LogP) is 4.04. The highest BCUT2D eigenvalue weighted by molar-refractivity contribution is 6.19. The zero-order chi connectivity index (χ0) is 20.9. The first-order valence-corrected chi connectivity index (χ1v) is 11.0. The van der Waals surface area contributed by atoms with E-state index in [9.17, 15) is 14.4 Å². The third-order valence-corrected chi connectivity index (χ3v) is 6.88. The first kappa shape index (κ1) is 21.3. The number of urea groups is 1. The molecule has 0 bridgehead atoms. The van der Waals surface area contributed by atoms with Gasteiger partial charge in [-0.05, 0) is 38.5 Å². The molecule has 0 spiro atoms. The molecule has 0 unspecified atom stereocenters. The quantitative estimate of drug-likeness (QED) is 0.628. The van der Waals surface area contributed by atoms with Crippen LogP contribution in [-0.2, 0) is 9.59 Å². The Hall–Kier alpha value is -2.41. The molecular formula is C22H30N4O3. The predicted molar refractivity (Wildman–Crippen MR) is 105 cm³/mol. The van der Waals surface area contributed by atoms with Gasteiger partial charge in [0, 0.05) is 24.9 Å². The number of hydrogen-bond donors (Lipinski definition) is 0. The van der Waals surface area contributed by atoms with Gasteiger partial charge in [-0.3, -0.25) is 19.4 Å². The lowest BCUT2D eigenvalue weighted by Gasteiger charge is -2.49. The molecule has 2 aliphatic carbocycles. The van der Waals surface area contributed by atoms with Crippen LogP contribution in [-0.4, -0.2) is 39.7 Å². The molecule has 1 aliphatic heterocycles. The fraction of sp³-hybridized carbons (Fsp3) is 0.773. The lowest BCUT2D eigenvalue weighted by atomic mass is 9.73. The Morgan fingerprint density at radius 1 is 0.724 bits per heavy atom. The van der Waals surface area contributed by atoms with Crippen molar-refractivity contribution in [3.05, 3.63) is 0 Å². The number of carbonyl (C=O) groups excluding carboxylic acids is 3. The Kier molecular flexibility index (Phi) is 6.90. The summed E-state index contributed by atoms with van der Waals surface area (Å²) in [6.45, 7) is 0. The molecule has 1 heterocycles. The van der Waals surface area contributed by atoms with E-state index in [1.807, 2.05) is 12.1 Å². The molecule has 1 saturated heterocycles. The molecule has 7 nitrogen and oxygen atoms in total. The molecule has 3 rings (SSSR count). The van der Waals surface area contributed by atoms with Gasteiger partial charge in [-0.1, -0.05) is 38.5 Å². The molecule has 3 fully saturated rings. The SMILES string of the molecule is N#CCCC1(CCC#N)C(=O)N(C2CCCCC2)C(=O)N(C2CCCCC2)C1=O. The van der Waals surface area contributed by atoms with E-state index in [2.05, 4.69) is 0 Å². The topological polar surface area (TPSA) is 105 Å². The zero-order valence-electron chi connectivity index (χ0n) is 17.1. The maximum absolute atomic E-state index is 13.6. The van der Waals surface area contributed by atoms with Gasteiger partial charge in [0.15, 0.2) is 0 Å². The number of imide groups is 2. The molecule has 0 aromatic rings. The summed E-state index contributed by atoms with van der Waals surface area (Å²) in [6.07, 6.45) is 9.31. The molecule has 156 valence electrons. The zero-order valence-corrected chi connectivity index (χ0v) is 17.1. The van der Waals surface area contributed by atoms with Gasteiger partial charge in [-0.25, -0.2) is 4.79 Å². The number of carbonyl (C=O) groups is 3. The summed E-state index contributed by atoms with van der Waals surface area (Å²) in [4.78, 5) is 43.5. The standard InChI is InChI=1S/C22H30N4O3/c23-15-7-13-22(14-8-16-24)19(27)25(17-9-3-1-4-10-17)21(29)26(20(22)28)18-11-5-2-6-12-18/h17-18H,1-14H2. The van der Waals surface area contributed by atoms with Crippen LogP contribution < -0.4 is 0 Å². The van der Waals surface area contributed by atoms with Crippen LogP contribution in [0.2, 0.25) is 0 Å². The number of barbiturate groups is 1. The lowest BCUT2D eigenvalue weighted by molar-refractivity contribution is -0.164. The fourth-order valence-electron chi connectivity index (χ4n) is 5.26. The monoisotopic (exact) mass is 398 g/mol. The van der Waals surface area contributed by atoms with Crippen LogP contribution in [0, 0.1) is 28.1 Å². The Morgan fingerprint density at radius 2 is 1.10 bits per heavy atom. The molecule has 4 amide bonds. The van der Waals surface area contributed by atoms with E-state index in [1.54, 1.807) is 0 Å². The van der Waals surface area contributed by atoms with Gasteiger partial charge in [0.25, 0.3) is 0 Å². The second kappa shape index (κ2) is 9.39. The molecule has 29 heavy (non-hydrogen) atoms. The Morgan fingerprint density at radius 3 is 1.45 bits per heavy atom. The van der Waals surface area contributed by atoms with E-state index in [0.717, 1.165) is 64.2 Å². The third-order valence-electron chi connectivity index (χ3n) is 6.88. The maximum atomic E-state index is 13.6. The van der Waals surface area contributed by atoms with Crippen LogP contribution in [0.1, 0.15) is 89.9 Å². The third kappa shape index (κ3) is 4.01. The van der Waals surface area contributed by atoms with E-state index in [1.165, 1.54) is 9.80 Å². The Labute approximate surface area is 172 Å². The van der Waals surface area contributed by atoms with Gasteiger partial charge in [0.2, 0.25) is 11.8 Å². The van der Waals surface area contributed by atoms with Crippen molar-refractivity contribution in [1.82, 2.24) is 9.80 Å².